The van der Waals surface area contributed by atoms with Crippen molar-refractivity contribution < 1.29 is 4.79 Å². The van der Waals surface area contributed by atoms with E-state index in [1.807, 2.05) is 36.2 Å². The molecule has 2 rings (SSSR count). The molecule has 1 amide bonds. The second-order valence-electron chi connectivity index (χ2n) is 3.82. The maximum Gasteiger partial charge on any atom is 0.247 e. The van der Waals surface area contributed by atoms with E-state index in [0.29, 0.717) is 6.54 Å². The average Bonchev–Trinajstić information content (AvgIpc) is 2.33. The van der Waals surface area contributed by atoms with Crippen LogP contribution >= 0.6 is 0 Å². The summed E-state index contributed by atoms with van der Waals surface area (Å²) in [6, 6.07) is 7.02. The SMILES string of the molecule is CN1CC([NH])C(=O)N(C)c2ccccc21. The van der Waals surface area contributed by atoms with Crippen LogP contribution in [0.5, 0.6) is 0 Å². The summed E-state index contributed by atoms with van der Waals surface area (Å²) in [5.41, 5.74) is 9.60. The number of amides is 1. The van der Waals surface area contributed by atoms with E-state index in [-0.39, 0.29) is 5.91 Å². The molecule has 1 aliphatic rings. The third-order valence-corrected chi connectivity index (χ3v) is 2.74. The molecule has 4 heteroatoms. The van der Waals surface area contributed by atoms with Gasteiger partial charge >= 0.3 is 0 Å². The summed E-state index contributed by atoms with van der Waals surface area (Å²) < 4.78 is 0. The Balaban J connectivity index is 2.52. The Morgan fingerprint density at radius 2 is 1.87 bits per heavy atom. The molecule has 0 saturated carbocycles. The molecule has 0 aliphatic carbocycles. The zero-order valence-corrected chi connectivity index (χ0v) is 8.90. The van der Waals surface area contributed by atoms with Crippen LogP contribution in [0.1, 0.15) is 0 Å². The molecule has 79 valence electrons. The van der Waals surface area contributed by atoms with Crippen molar-refractivity contribution in [2.45, 2.75) is 6.04 Å². The Morgan fingerprint density at radius 1 is 1.27 bits per heavy atom. The molecule has 1 aliphatic heterocycles. The minimum Gasteiger partial charge on any atom is -0.371 e. The van der Waals surface area contributed by atoms with Gasteiger partial charge in [0.2, 0.25) is 5.91 Å². The summed E-state index contributed by atoms with van der Waals surface area (Å²) in [5.74, 6) is -0.146. The first-order chi connectivity index (χ1) is 7.11. The monoisotopic (exact) mass is 204 g/mol. The lowest BCUT2D eigenvalue weighted by atomic mass is 10.2. The highest BCUT2D eigenvalue weighted by atomic mass is 16.2. The fraction of sp³-hybridized carbons (Fsp3) is 0.364. The highest BCUT2D eigenvalue weighted by molar-refractivity contribution is 6.01. The van der Waals surface area contributed by atoms with E-state index >= 15 is 0 Å². The van der Waals surface area contributed by atoms with Gasteiger partial charge in [-0.25, -0.2) is 5.73 Å². The van der Waals surface area contributed by atoms with Crippen LogP contribution in [0, 0.1) is 0 Å². The summed E-state index contributed by atoms with van der Waals surface area (Å²) in [5, 5.41) is 0. The Bertz CT molecular complexity index is 391. The number of likely N-dealkylation sites (N-methyl/N-ethyl adjacent to an activating group) is 2. The molecule has 0 bridgehead atoms. The predicted octanol–water partition coefficient (Wildman–Crippen LogP) is 0.751. The van der Waals surface area contributed by atoms with Crippen molar-refractivity contribution in [2.75, 3.05) is 30.4 Å². The van der Waals surface area contributed by atoms with Crippen molar-refractivity contribution in [1.82, 2.24) is 5.73 Å². The Kier molecular flexibility index (Phi) is 2.36. The van der Waals surface area contributed by atoms with Crippen LogP contribution in [0.3, 0.4) is 0 Å². The number of anilines is 2. The fourth-order valence-electron chi connectivity index (χ4n) is 1.87. The van der Waals surface area contributed by atoms with Gasteiger partial charge in [0.05, 0.1) is 11.4 Å². The number of nitrogens with one attached hydrogen (secondary N) is 1. The van der Waals surface area contributed by atoms with Gasteiger partial charge in [-0.2, -0.15) is 0 Å². The molecule has 1 N–H and O–H groups in total. The van der Waals surface area contributed by atoms with Gasteiger partial charge in [0.15, 0.2) is 0 Å². The van der Waals surface area contributed by atoms with Gasteiger partial charge in [-0.1, -0.05) is 12.1 Å². The first-order valence-electron chi connectivity index (χ1n) is 4.90. The van der Waals surface area contributed by atoms with Gasteiger partial charge in [0.1, 0.15) is 6.04 Å². The lowest BCUT2D eigenvalue weighted by Gasteiger charge is -2.20. The van der Waals surface area contributed by atoms with Crippen LogP contribution in [-0.4, -0.2) is 32.6 Å². The van der Waals surface area contributed by atoms with Crippen LogP contribution in [0.4, 0.5) is 11.4 Å². The predicted molar refractivity (Wildman–Crippen MR) is 60.0 cm³/mol. The molecule has 1 aromatic rings. The van der Waals surface area contributed by atoms with E-state index in [4.69, 9.17) is 5.73 Å². The van der Waals surface area contributed by atoms with Gasteiger partial charge in [0, 0.05) is 20.6 Å². The minimum atomic E-state index is -0.701. The molecular formula is C11H14N3O. The molecular weight excluding hydrogens is 190 g/mol. The summed E-state index contributed by atoms with van der Waals surface area (Å²) in [7, 11) is 3.63. The molecule has 1 unspecified atom stereocenters. The largest absolute Gasteiger partial charge is 0.371 e. The Hall–Kier alpha value is -1.55. The van der Waals surface area contributed by atoms with E-state index in [2.05, 4.69) is 0 Å². The molecule has 1 atom stereocenters. The van der Waals surface area contributed by atoms with Crippen LogP contribution in [0.2, 0.25) is 0 Å². The maximum atomic E-state index is 11.8. The zero-order chi connectivity index (χ0) is 11.0. The van der Waals surface area contributed by atoms with Crippen molar-refractivity contribution in [2.24, 2.45) is 0 Å². The highest BCUT2D eigenvalue weighted by Crippen LogP contribution is 2.30. The van der Waals surface area contributed by atoms with E-state index in [1.165, 1.54) is 0 Å². The Labute approximate surface area is 89.3 Å². The van der Waals surface area contributed by atoms with Gasteiger partial charge in [-0.15, -0.1) is 0 Å². The smallest absolute Gasteiger partial charge is 0.247 e. The van der Waals surface area contributed by atoms with Crippen LogP contribution in [-0.2, 0) is 4.79 Å². The van der Waals surface area contributed by atoms with E-state index in [0.717, 1.165) is 11.4 Å². The third-order valence-electron chi connectivity index (χ3n) is 2.74. The second kappa shape index (κ2) is 3.55. The molecule has 1 aromatic carbocycles. The molecule has 0 fully saturated rings. The quantitative estimate of drug-likeness (QED) is 0.626. The first kappa shape index (κ1) is 9.98. The maximum absolute atomic E-state index is 11.8. The highest BCUT2D eigenvalue weighted by Gasteiger charge is 2.27. The van der Waals surface area contributed by atoms with Crippen molar-refractivity contribution in [3.8, 4) is 0 Å². The molecule has 1 heterocycles. The molecule has 15 heavy (non-hydrogen) atoms. The number of hydrogen-bond acceptors (Lipinski definition) is 2. The Morgan fingerprint density at radius 3 is 2.53 bits per heavy atom. The van der Waals surface area contributed by atoms with Crippen molar-refractivity contribution in [1.29, 1.82) is 0 Å². The molecule has 4 nitrogen and oxygen atoms in total. The molecule has 1 radical (unpaired) electrons. The number of carbonyl (C=O) groups is 1. The average molecular weight is 204 g/mol. The first-order valence-corrected chi connectivity index (χ1v) is 4.90. The van der Waals surface area contributed by atoms with E-state index in [1.54, 1.807) is 11.9 Å². The van der Waals surface area contributed by atoms with E-state index < -0.39 is 6.04 Å². The number of fused-ring (bicyclic) bond motifs is 1. The molecule has 0 spiro atoms. The number of benzene rings is 1. The van der Waals surface area contributed by atoms with E-state index in [9.17, 15) is 4.79 Å². The molecule has 0 aromatic heterocycles. The lowest BCUT2D eigenvalue weighted by Crippen LogP contribution is -2.40. The van der Waals surface area contributed by atoms with Gasteiger partial charge in [0.25, 0.3) is 0 Å². The van der Waals surface area contributed by atoms with Crippen LogP contribution in [0.25, 0.3) is 0 Å². The van der Waals surface area contributed by atoms with Gasteiger partial charge in [-0.3, -0.25) is 4.79 Å². The van der Waals surface area contributed by atoms with Crippen LogP contribution in [0.15, 0.2) is 24.3 Å². The second-order valence-corrected chi connectivity index (χ2v) is 3.82. The fourth-order valence-corrected chi connectivity index (χ4v) is 1.87. The standard InChI is InChI=1S/C11H14N3O/c1-13-7-8(12)11(15)14(2)10-6-4-3-5-9(10)13/h3-6,8,12H,7H2,1-2H3. The number of nitrogens with zero attached hydrogens (tertiary/aromatic N) is 2. The molecule has 0 saturated heterocycles. The number of carbonyl (C=O) groups excluding carboxylic acids is 1. The van der Waals surface area contributed by atoms with Crippen molar-refractivity contribution in [3.05, 3.63) is 24.3 Å². The van der Waals surface area contributed by atoms with Crippen molar-refractivity contribution in [3.63, 3.8) is 0 Å². The van der Waals surface area contributed by atoms with Crippen molar-refractivity contribution >= 4 is 17.3 Å². The summed E-state index contributed by atoms with van der Waals surface area (Å²) in [4.78, 5) is 15.3. The summed E-state index contributed by atoms with van der Waals surface area (Å²) in [6.45, 7) is 0.445. The number of hydrogen-bond donors (Lipinski definition) is 0. The number of rotatable bonds is 0. The summed E-state index contributed by atoms with van der Waals surface area (Å²) >= 11 is 0. The number of para-hydroxylation sites is 2. The lowest BCUT2D eigenvalue weighted by molar-refractivity contribution is -0.119. The zero-order valence-electron chi connectivity index (χ0n) is 8.90. The third kappa shape index (κ3) is 1.57. The topological polar surface area (TPSA) is 47.4 Å². The normalized spacial score (nSPS) is 21.3. The minimum absolute atomic E-state index is 0.146. The summed E-state index contributed by atoms with van der Waals surface area (Å²) in [6.07, 6.45) is 0. The van der Waals surface area contributed by atoms with Gasteiger partial charge in [-0.05, 0) is 12.1 Å². The van der Waals surface area contributed by atoms with Gasteiger partial charge < -0.3 is 9.80 Å². The van der Waals surface area contributed by atoms with Crippen LogP contribution < -0.4 is 15.5 Å².